The Morgan fingerprint density at radius 2 is 1.64 bits per heavy atom. The quantitative estimate of drug-likeness (QED) is 0.476. The fourth-order valence-corrected chi connectivity index (χ4v) is 2.54. The van der Waals surface area contributed by atoms with E-state index in [1.165, 1.54) is 4.81 Å². The third-order valence-electron chi connectivity index (χ3n) is 3.76. The number of rotatable bonds is 6. The van der Waals surface area contributed by atoms with Crippen molar-refractivity contribution in [1.82, 2.24) is 4.81 Å². The van der Waals surface area contributed by atoms with Crippen LogP contribution in [0.5, 0.6) is 5.75 Å². The molecule has 0 bridgehead atoms. The molecular formula is C16H21BN2O3. The van der Waals surface area contributed by atoms with Crippen LogP contribution >= 0.6 is 0 Å². The second-order valence-corrected chi connectivity index (χ2v) is 5.32. The lowest BCUT2D eigenvalue weighted by Gasteiger charge is -2.34. The first-order chi connectivity index (χ1) is 10.5. The maximum Gasteiger partial charge on any atom is 0.553 e. The van der Waals surface area contributed by atoms with Gasteiger partial charge in [-0.1, -0.05) is 42.5 Å². The second kappa shape index (κ2) is 7.42. The smallest absolute Gasteiger partial charge is 0.508 e. The number of nitrogens with zero attached hydrogens (tertiary/aromatic N) is 1. The second-order valence-electron chi connectivity index (χ2n) is 5.32. The molecule has 0 aliphatic carbocycles. The molecule has 5 N–H and O–H groups in total. The predicted molar refractivity (Wildman–Crippen MR) is 86.7 cm³/mol. The molecule has 2 atom stereocenters. The summed E-state index contributed by atoms with van der Waals surface area (Å²) in [6.45, 7) is 1.88. The van der Waals surface area contributed by atoms with Gasteiger partial charge in [0.25, 0.3) is 0 Å². The Morgan fingerprint density at radius 3 is 2.18 bits per heavy atom. The number of hydrogen-bond acceptors (Lipinski definition) is 5. The summed E-state index contributed by atoms with van der Waals surface area (Å²) in [7, 11) is -1.65. The lowest BCUT2D eigenvalue weighted by molar-refractivity contribution is 0.181. The number of nitrogens with two attached hydrogens (primary N) is 1. The zero-order valence-electron chi connectivity index (χ0n) is 12.5. The Labute approximate surface area is 130 Å². The highest BCUT2D eigenvalue weighted by Gasteiger charge is 2.31. The molecule has 5 nitrogen and oxygen atoms in total. The number of aromatic hydroxyl groups is 1. The van der Waals surface area contributed by atoms with E-state index in [4.69, 9.17) is 5.73 Å². The fraction of sp³-hybridized carbons (Fsp3) is 0.250. The maximum atomic E-state index is 9.70. The third kappa shape index (κ3) is 4.08. The summed E-state index contributed by atoms with van der Waals surface area (Å²) < 4.78 is 0. The van der Waals surface area contributed by atoms with Crippen LogP contribution in [0, 0.1) is 0 Å². The van der Waals surface area contributed by atoms with Gasteiger partial charge in [0.05, 0.1) is 6.17 Å². The van der Waals surface area contributed by atoms with Crippen LogP contribution in [0.15, 0.2) is 54.6 Å². The molecule has 2 aromatic carbocycles. The summed E-state index contributed by atoms with van der Waals surface area (Å²) in [5.74, 6) is 0.189. The molecule has 0 aliphatic heterocycles. The minimum absolute atomic E-state index is 0.189. The van der Waals surface area contributed by atoms with E-state index in [0.717, 1.165) is 11.1 Å². The van der Waals surface area contributed by atoms with Gasteiger partial charge in [0.15, 0.2) is 0 Å². The van der Waals surface area contributed by atoms with Crippen LogP contribution in [-0.2, 0) is 6.42 Å². The van der Waals surface area contributed by atoms with E-state index >= 15 is 0 Å². The zero-order chi connectivity index (χ0) is 16.1. The van der Waals surface area contributed by atoms with Gasteiger partial charge in [-0.2, -0.15) is 0 Å². The minimum atomic E-state index is -1.65. The van der Waals surface area contributed by atoms with Crippen LogP contribution < -0.4 is 5.73 Å². The fourth-order valence-electron chi connectivity index (χ4n) is 2.54. The standard InChI is InChI=1S/C16H21BN2O3/c1-12(14-5-3-2-4-6-14)19(17(21)22)16(18)11-13-7-9-15(20)10-8-13/h2-10,12,16,20-22H,11,18H2,1H3/t12-,16+/m1/s1. The molecule has 0 saturated carbocycles. The van der Waals surface area contributed by atoms with Gasteiger partial charge in [0.2, 0.25) is 0 Å². The molecule has 22 heavy (non-hydrogen) atoms. The highest BCUT2D eigenvalue weighted by atomic mass is 16.4. The van der Waals surface area contributed by atoms with Gasteiger partial charge in [0, 0.05) is 12.5 Å². The molecule has 6 heteroatoms. The number of phenols is 1. The lowest BCUT2D eigenvalue weighted by atomic mass is 9.94. The van der Waals surface area contributed by atoms with E-state index in [9.17, 15) is 15.2 Å². The van der Waals surface area contributed by atoms with Crippen molar-refractivity contribution in [2.24, 2.45) is 5.73 Å². The van der Waals surface area contributed by atoms with Gasteiger partial charge in [0.1, 0.15) is 5.75 Å². The molecule has 0 amide bonds. The average molecular weight is 300 g/mol. The highest BCUT2D eigenvalue weighted by Crippen LogP contribution is 2.23. The normalized spacial score (nSPS) is 13.9. The molecule has 0 unspecified atom stereocenters. The molecule has 2 rings (SSSR count). The van der Waals surface area contributed by atoms with Gasteiger partial charge in [-0.05, 0) is 30.2 Å². The minimum Gasteiger partial charge on any atom is -0.508 e. The molecule has 0 aliphatic rings. The summed E-state index contributed by atoms with van der Waals surface area (Å²) in [4.78, 5) is 1.45. The van der Waals surface area contributed by atoms with E-state index < -0.39 is 13.4 Å². The van der Waals surface area contributed by atoms with E-state index in [1.54, 1.807) is 24.3 Å². The van der Waals surface area contributed by atoms with Gasteiger partial charge >= 0.3 is 7.25 Å². The number of hydrogen-bond donors (Lipinski definition) is 4. The lowest BCUT2D eigenvalue weighted by Crippen LogP contribution is -2.53. The topological polar surface area (TPSA) is 90.0 Å². The maximum absolute atomic E-state index is 9.70. The van der Waals surface area contributed by atoms with Crippen molar-refractivity contribution in [2.75, 3.05) is 0 Å². The highest BCUT2D eigenvalue weighted by molar-refractivity contribution is 6.37. The molecule has 0 aromatic heterocycles. The van der Waals surface area contributed by atoms with Gasteiger partial charge in [-0.15, -0.1) is 0 Å². The number of benzene rings is 2. The summed E-state index contributed by atoms with van der Waals surface area (Å²) in [5, 5.41) is 28.7. The molecule has 0 saturated heterocycles. The van der Waals surface area contributed by atoms with Crippen LogP contribution in [0.2, 0.25) is 0 Å². The van der Waals surface area contributed by atoms with E-state index in [-0.39, 0.29) is 11.8 Å². The van der Waals surface area contributed by atoms with Crippen molar-refractivity contribution < 1.29 is 15.2 Å². The molecule has 2 aromatic rings. The Morgan fingerprint density at radius 1 is 1.05 bits per heavy atom. The van der Waals surface area contributed by atoms with Crippen LogP contribution in [0.25, 0.3) is 0 Å². The molecule has 0 fully saturated rings. The van der Waals surface area contributed by atoms with E-state index in [2.05, 4.69) is 0 Å². The van der Waals surface area contributed by atoms with E-state index in [0.29, 0.717) is 6.42 Å². The summed E-state index contributed by atoms with van der Waals surface area (Å²) in [6.07, 6.45) is -0.130. The van der Waals surface area contributed by atoms with Crippen LogP contribution in [-0.4, -0.2) is 33.4 Å². The summed E-state index contributed by atoms with van der Waals surface area (Å²) in [5.41, 5.74) is 8.04. The SMILES string of the molecule is C[C@H](c1ccccc1)N(B(O)O)[C@H](N)Cc1ccc(O)cc1. The van der Waals surface area contributed by atoms with Gasteiger partial charge in [-0.3, -0.25) is 4.81 Å². The van der Waals surface area contributed by atoms with Crippen molar-refractivity contribution in [3.05, 3.63) is 65.7 Å². The molecule has 0 radical (unpaired) electrons. The first kappa shape index (κ1) is 16.5. The summed E-state index contributed by atoms with van der Waals surface area (Å²) >= 11 is 0. The Balaban J connectivity index is 2.14. The van der Waals surface area contributed by atoms with Crippen LogP contribution in [0.3, 0.4) is 0 Å². The molecule has 0 spiro atoms. The number of phenolic OH excluding ortho intramolecular Hbond substituents is 1. The van der Waals surface area contributed by atoms with Gasteiger partial charge < -0.3 is 20.9 Å². The largest absolute Gasteiger partial charge is 0.553 e. The van der Waals surface area contributed by atoms with Crippen molar-refractivity contribution in [3.63, 3.8) is 0 Å². The van der Waals surface area contributed by atoms with Crippen molar-refractivity contribution in [1.29, 1.82) is 0 Å². The predicted octanol–water partition coefficient (Wildman–Crippen LogP) is 1.25. The summed E-state index contributed by atoms with van der Waals surface area (Å²) in [6, 6.07) is 16.0. The van der Waals surface area contributed by atoms with Gasteiger partial charge in [-0.25, -0.2) is 0 Å². The molecule has 116 valence electrons. The zero-order valence-corrected chi connectivity index (χ0v) is 12.5. The first-order valence-corrected chi connectivity index (χ1v) is 7.21. The molecule has 0 heterocycles. The first-order valence-electron chi connectivity index (χ1n) is 7.21. The van der Waals surface area contributed by atoms with Crippen molar-refractivity contribution in [3.8, 4) is 5.75 Å². The van der Waals surface area contributed by atoms with Crippen LogP contribution in [0.1, 0.15) is 24.1 Å². The monoisotopic (exact) mass is 300 g/mol. The van der Waals surface area contributed by atoms with Crippen molar-refractivity contribution >= 4 is 7.25 Å². The third-order valence-corrected chi connectivity index (χ3v) is 3.76. The molecular weight excluding hydrogens is 279 g/mol. The Hall–Kier alpha value is -1.86. The van der Waals surface area contributed by atoms with Crippen molar-refractivity contribution in [2.45, 2.75) is 25.6 Å². The Kier molecular flexibility index (Phi) is 5.57. The van der Waals surface area contributed by atoms with E-state index in [1.807, 2.05) is 37.3 Å². The Bertz CT molecular complexity index is 578. The van der Waals surface area contributed by atoms with Crippen LogP contribution in [0.4, 0.5) is 0 Å². The average Bonchev–Trinajstić information content (AvgIpc) is 2.50.